The molecular formula is C16H31NO3. The molecule has 0 radical (unpaired) electrons. The molecule has 2 atom stereocenters. The molecule has 0 heterocycles. The minimum atomic E-state index is -0.720. The SMILES string of the molecule is CCOC1(OCC)[C@H](C)C[C@H]1C(=O)N(C(C)C)C(C)C. The summed E-state index contributed by atoms with van der Waals surface area (Å²) in [4.78, 5) is 14.8. The highest BCUT2D eigenvalue weighted by molar-refractivity contribution is 5.81. The van der Waals surface area contributed by atoms with Crippen LogP contribution in [0.25, 0.3) is 0 Å². The van der Waals surface area contributed by atoms with E-state index in [1.807, 2.05) is 18.7 Å². The van der Waals surface area contributed by atoms with E-state index in [2.05, 4.69) is 34.6 Å². The maximum absolute atomic E-state index is 12.9. The number of amides is 1. The Morgan fingerprint density at radius 2 is 1.60 bits per heavy atom. The van der Waals surface area contributed by atoms with E-state index < -0.39 is 5.79 Å². The van der Waals surface area contributed by atoms with Gasteiger partial charge in [0.1, 0.15) is 0 Å². The standard InChI is InChI=1S/C16H31NO3/c1-8-19-16(20-9-2)13(7)10-14(16)15(18)17(11(3)4)12(5)6/h11-14H,8-10H2,1-7H3/t13-,14+/m1/s1. The summed E-state index contributed by atoms with van der Waals surface area (Å²) in [6.07, 6.45) is 0.842. The predicted octanol–water partition coefficient (Wildman–Crippen LogP) is 3.06. The van der Waals surface area contributed by atoms with Gasteiger partial charge in [0.2, 0.25) is 5.91 Å². The van der Waals surface area contributed by atoms with Crippen LogP contribution in [0.5, 0.6) is 0 Å². The van der Waals surface area contributed by atoms with Crippen molar-refractivity contribution < 1.29 is 14.3 Å². The first-order valence-electron chi connectivity index (χ1n) is 7.91. The Labute approximate surface area is 123 Å². The van der Waals surface area contributed by atoms with Crippen molar-refractivity contribution in [2.45, 2.75) is 72.8 Å². The lowest BCUT2D eigenvalue weighted by atomic mass is 9.68. The summed E-state index contributed by atoms with van der Waals surface area (Å²) in [6.45, 7) is 15.4. The molecule has 20 heavy (non-hydrogen) atoms. The van der Waals surface area contributed by atoms with Crippen molar-refractivity contribution >= 4 is 5.91 Å². The second-order valence-electron chi connectivity index (χ2n) is 6.21. The molecule has 4 nitrogen and oxygen atoms in total. The summed E-state index contributed by atoms with van der Waals surface area (Å²) in [5, 5.41) is 0. The van der Waals surface area contributed by atoms with Crippen LogP contribution >= 0.6 is 0 Å². The summed E-state index contributed by atoms with van der Waals surface area (Å²) in [7, 11) is 0. The molecule has 0 aromatic carbocycles. The fourth-order valence-corrected chi connectivity index (χ4v) is 3.40. The minimum Gasteiger partial charge on any atom is -0.349 e. The maximum atomic E-state index is 12.9. The molecule has 0 saturated heterocycles. The molecule has 1 rings (SSSR count). The van der Waals surface area contributed by atoms with Crippen LogP contribution in [-0.2, 0) is 14.3 Å². The lowest BCUT2D eigenvalue weighted by Gasteiger charge is -2.54. The summed E-state index contributed by atoms with van der Waals surface area (Å²) < 4.78 is 11.8. The fourth-order valence-electron chi connectivity index (χ4n) is 3.40. The third-order valence-corrected chi connectivity index (χ3v) is 4.17. The van der Waals surface area contributed by atoms with Crippen LogP contribution < -0.4 is 0 Å². The molecule has 0 spiro atoms. The van der Waals surface area contributed by atoms with Gasteiger partial charge < -0.3 is 14.4 Å². The average molecular weight is 285 g/mol. The second-order valence-corrected chi connectivity index (χ2v) is 6.21. The van der Waals surface area contributed by atoms with E-state index in [9.17, 15) is 4.79 Å². The van der Waals surface area contributed by atoms with Gasteiger partial charge in [-0.15, -0.1) is 0 Å². The molecule has 118 valence electrons. The van der Waals surface area contributed by atoms with Crippen LogP contribution in [0.3, 0.4) is 0 Å². The van der Waals surface area contributed by atoms with Gasteiger partial charge in [0.15, 0.2) is 5.79 Å². The van der Waals surface area contributed by atoms with E-state index in [-0.39, 0.29) is 29.8 Å². The molecule has 1 aliphatic rings. The van der Waals surface area contributed by atoms with Crippen molar-refractivity contribution in [3.63, 3.8) is 0 Å². The first-order chi connectivity index (χ1) is 9.31. The fraction of sp³-hybridized carbons (Fsp3) is 0.938. The van der Waals surface area contributed by atoms with E-state index in [1.165, 1.54) is 0 Å². The van der Waals surface area contributed by atoms with Gasteiger partial charge in [-0.05, 0) is 48.0 Å². The lowest BCUT2D eigenvalue weighted by Crippen LogP contribution is -2.64. The van der Waals surface area contributed by atoms with Crippen LogP contribution in [0.4, 0.5) is 0 Å². The third-order valence-electron chi connectivity index (χ3n) is 4.17. The Balaban J connectivity index is 2.96. The first kappa shape index (κ1) is 17.4. The molecule has 1 saturated carbocycles. The number of hydrogen-bond acceptors (Lipinski definition) is 3. The Morgan fingerprint density at radius 3 is 1.90 bits per heavy atom. The number of nitrogens with zero attached hydrogens (tertiary/aromatic N) is 1. The first-order valence-corrected chi connectivity index (χ1v) is 7.91. The van der Waals surface area contributed by atoms with Crippen molar-refractivity contribution in [2.75, 3.05) is 13.2 Å². The van der Waals surface area contributed by atoms with Gasteiger partial charge in [0, 0.05) is 31.2 Å². The molecule has 1 amide bonds. The monoisotopic (exact) mass is 285 g/mol. The molecular weight excluding hydrogens is 254 g/mol. The number of hydrogen-bond donors (Lipinski definition) is 0. The zero-order valence-corrected chi connectivity index (χ0v) is 14.1. The molecule has 0 aromatic heterocycles. The number of carbonyl (C=O) groups is 1. The number of ether oxygens (including phenoxy) is 2. The normalized spacial score (nSPS) is 24.9. The highest BCUT2D eigenvalue weighted by Crippen LogP contribution is 2.49. The van der Waals surface area contributed by atoms with Gasteiger partial charge >= 0.3 is 0 Å². The lowest BCUT2D eigenvalue weighted by molar-refractivity contribution is -0.331. The van der Waals surface area contributed by atoms with Gasteiger partial charge in [-0.25, -0.2) is 0 Å². The van der Waals surface area contributed by atoms with Gasteiger partial charge in [0.05, 0.1) is 5.92 Å². The Kier molecular flexibility index (Phi) is 6.02. The smallest absolute Gasteiger partial charge is 0.231 e. The zero-order valence-electron chi connectivity index (χ0n) is 14.1. The molecule has 0 unspecified atom stereocenters. The molecule has 0 aromatic rings. The molecule has 0 bridgehead atoms. The molecule has 0 aliphatic heterocycles. The van der Waals surface area contributed by atoms with Crippen LogP contribution in [0.2, 0.25) is 0 Å². The quantitative estimate of drug-likeness (QED) is 0.675. The van der Waals surface area contributed by atoms with Crippen molar-refractivity contribution in [1.82, 2.24) is 4.90 Å². The van der Waals surface area contributed by atoms with E-state index in [4.69, 9.17) is 9.47 Å². The van der Waals surface area contributed by atoms with Crippen molar-refractivity contribution in [3.8, 4) is 0 Å². The van der Waals surface area contributed by atoms with Gasteiger partial charge in [-0.1, -0.05) is 6.92 Å². The van der Waals surface area contributed by atoms with Crippen LogP contribution in [0.15, 0.2) is 0 Å². The van der Waals surface area contributed by atoms with Gasteiger partial charge in [0.25, 0.3) is 0 Å². The second kappa shape index (κ2) is 6.90. The number of rotatable bonds is 7. The largest absolute Gasteiger partial charge is 0.349 e. The Bertz CT molecular complexity index is 314. The zero-order chi connectivity index (χ0) is 15.5. The highest BCUT2D eigenvalue weighted by atomic mass is 16.7. The topological polar surface area (TPSA) is 38.8 Å². The maximum Gasteiger partial charge on any atom is 0.231 e. The third kappa shape index (κ3) is 3.01. The van der Waals surface area contributed by atoms with E-state index >= 15 is 0 Å². The average Bonchev–Trinajstić information content (AvgIpc) is 2.34. The van der Waals surface area contributed by atoms with Crippen LogP contribution in [0, 0.1) is 11.8 Å². The van der Waals surface area contributed by atoms with Gasteiger partial charge in [-0.3, -0.25) is 4.79 Å². The van der Waals surface area contributed by atoms with Crippen molar-refractivity contribution in [3.05, 3.63) is 0 Å². The number of carbonyl (C=O) groups excluding carboxylic acids is 1. The Morgan fingerprint density at radius 1 is 1.15 bits per heavy atom. The summed E-state index contributed by atoms with van der Waals surface area (Å²) >= 11 is 0. The van der Waals surface area contributed by atoms with Gasteiger partial charge in [-0.2, -0.15) is 0 Å². The summed E-state index contributed by atoms with van der Waals surface area (Å²) in [5.41, 5.74) is 0. The minimum absolute atomic E-state index is 0.162. The van der Waals surface area contributed by atoms with E-state index in [1.54, 1.807) is 0 Å². The van der Waals surface area contributed by atoms with Crippen LogP contribution in [0.1, 0.15) is 54.9 Å². The molecule has 4 heteroatoms. The summed E-state index contributed by atoms with van der Waals surface area (Å²) in [6, 6.07) is 0.388. The Hall–Kier alpha value is -0.610. The molecule has 1 fully saturated rings. The van der Waals surface area contributed by atoms with Crippen molar-refractivity contribution in [1.29, 1.82) is 0 Å². The molecule has 0 N–H and O–H groups in total. The van der Waals surface area contributed by atoms with Crippen LogP contribution in [-0.4, -0.2) is 41.9 Å². The predicted molar refractivity (Wildman–Crippen MR) is 80.4 cm³/mol. The summed E-state index contributed by atoms with van der Waals surface area (Å²) in [5.74, 6) is -0.475. The molecule has 1 aliphatic carbocycles. The van der Waals surface area contributed by atoms with Crippen molar-refractivity contribution in [2.24, 2.45) is 11.8 Å². The van der Waals surface area contributed by atoms with E-state index in [0.717, 1.165) is 6.42 Å². The highest BCUT2D eigenvalue weighted by Gasteiger charge is 2.59. The van der Waals surface area contributed by atoms with E-state index in [0.29, 0.717) is 13.2 Å².